The van der Waals surface area contributed by atoms with Gasteiger partial charge in [0, 0.05) is 10.6 Å². The van der Waals surface area contributed by atoms with Crippen LogP contribution in [0.15, 0.2) is 64.1 Å². The summed E-state index contributed by atoms with van der Waals surface area (Å²) in [6, 6.07) is 13.8. The van der Waals surface area contributed by atoms with E-state index in [-0.39, 0.29) is 0 Å². The Morgan fingerprint density at radius 1 is 1.18 bits per heavy atom. The average molecular weight is 524 g/mol. The molecule has 1 N–H and O–H groups in total. The molecule has 8 nitrogen and oxygen atoms in total. The Bertz CT molecular complexity index is 1290. The molecule has 1 heterocycles. The maximum absolute atomic E-state index is 12.7. The van der Waals surface area contributed by atoms with E-state index in [1.807, 2.05) is 6.92 Å². The first-order valence-electron chi connectivity index (χ1n) is 10.2. The van der Waals surface area contributed by atoms with Crippen LogP contribution in [0.25, 0.3) is 11.3 Å². The lowest BCUT2D eigenvalue weighted by Gasteiger charge is -2.27. The zero-order valence-corrected chi connectivity index (χ0v) is 21.0. The summed E-state index contributed by atoms with van der Waals surface area (Å²) in [6.07, 6.45) is 2.34. The predicted molar refractivity (Wildman–Crippen MR) is 134 cm³/mol. The van der Waals surface area contributed by atoms with Crippen LogP contribution in [0.3, 0.4) is 0 Å². The van der Waals surface area contributed by atoms with Crippen LogP contribution in [0, 0.1) is 0 Å². The van der Waals surface area contributed by atoms with Crippen molar-refractivity contribution < 1.29 is 22.4 Å². The number of nitrogens with zero attached hydrogens (tertiary/aromatic N) is 2. The topological polar surface area (TPSA) is 101 Å². The van der Waals surface area contributed by atoms with Crippen LogP contribution in [0.2, 0.25) is 10.0 Å². The largest absolute Gasteiger partial charge is 0.494 e. The number of furan rings is 1. The van der Waals surface area contributed by atoms with Crippen LogP contribution in [0.4, 0.5) is 5.69 Å². The fourth-order valence-electron chi connectivity index (χ4n) is 3.17. The van der Waals surface area contributed by atoms with Gasteiger partial charge in [-0.3, -0.25) is 9.10 Å². The molecule has 180 valence electrons. The molecule has 0 fully saturated rings. The molecule has 34 heavy (non-hydrogen) atoms. The molecule has 3 rings (SSSR count). The molecular weight excluding hydrogens is 501 g/mol. The van der Waals surface area contributed by atoms with Crippen molar-refractivity contribution in [3.05, 3.63) is 70.4 Å². The minimum absolute atomic E-state index is 0.327. The van der Waals surface area contributed by atoms with Crippen molar-refractivity contribution in [1.82, 2.24) is 5.43 Å². The number of ether oxygens (including phenoxy) is 1. The summed E-state index contributed by atoms with van der Waals surface area (Å²) in [5, 5.41) is 4.83. The molecule has 1 atom stereocenters. The minimum Gasteiger partial charge on any atom is -0.494 e. The number of nitrogens with one attached hydrogen (secondary N) is 1. The number of carbonyl (C=O) groups excluding carboxylic acids is 1. The SMILES string of the molecule is CCOc1ccc(N([C@@H](C)C(=O)N/N=C\c2ccc(-c3ccc(Cl)cc3Cl)o2)S(C)(=O)=O)cc1. The number of hydrogen-bond donors (Lipinski definition) is 1. The molecule has 0 unspecified atom stereocenters. The van der Waals surface area contributed by atoms with Crippen molar-refractivity contribution in [2.75, 3.05) is 17.2 Å². The fraction of sp³-hybridized carbons (Fsp3) is 0.217. The minimum atomic E-state index is -3.76. The van der Waals surface area contributed by atoms with Gasteiger partial charge in [-0.2, -0.15) is 5.10 Å². The van der Waals surface area contributed by atoms with Gasteiger partial charge in [-0.05, 0) is 68.4 Å². The highest BCUT2D eigenvalue weighted by Crippen LogP contribution is 2.31. The highest BCUT2D eigenvalue weighted by Gasteiger charge is 2.29. The van der Waals surface area contributed by atoms with E-state index in [1.165, 1.54) is 13.1 Å². The highest BCUT2D eigenvalue weighted by atomic mass is 35.5. The lowest BCUT2D eigenvalue weighted by Crippen LogP contribution is -2.46. The second-order valence-corrected chi connectivity index (χ2v) is 9.93. The first kappa shape index (κ1) is 25.6. The van der Waals surface area contributed by atoms with E-state index >= 15 is 0 Å². The van der Waals surface area contributed by atoms with E-state index in [9.17, 15) is 13.2 Å². The van der Waals surface area contributed by atoms with Gasteiger partial charge in [0.1, 0.15) is 23.3 Å². The number of benzene rings is 2. The van der Waals surface area contributed by atoms with Crippen LogP contribution >= 0.6 is 23.2 Å². The third kappa shape index (κ3) is 6.31. The third-order valence-corrected chi connectivity index (χ3v) is 6.47. The van der Waals surface area contributed by atoms with Crippen LogP contribution < -0.4 is 14.5 Å². The van der Waals surface area contributed by atoms with E-state index in [0.717, 1.165) is 10.6 Å². The predicted octanol–water partition coefficient (Wildman–Crippen LogP) is 4.96. The van der Waals surface area contributed by atoms with Gasteiger partial charge in [-0.25, -0.2) is 13.8 Å². The van der Waals surface area contributed by atoms with Crippen LogP contribution in [0.1, 0.15) is 19.6 Å². The van der Waals surface area contributed by atoms with Crippen LogP contribution in [-0.2, 0) is 14.8 Å². The maximum atomic E-state index is 12.7. The summed E-state index contributed by atoms with van der Waals surface area (Å²) < 4.78 is 36.9. The first-order chi connectivity index (χ1) is 16.1. The number of sulfonamides is 1. The Hall–Kier alpha value is -3.01. The van der Waals surface area contributed by atoms with E-state index < -0.39 is 22.0 Å². The number of halogens is 2. The van der Waals surface area contributed by atoms with E-state index in [2.05, 4.69) is 10.5 Å². The number of anilines is 1. The number of carbonyl (C=O) groups is 1. The Morgan fingerprint density at radius 3 is 2.50 bits per heavy atom. The highest BCUT2D eigenvalue weighted by molar-refractivity contribution is 7.92. The third-order valence-electron chi connectivity index (χ3n) is 4.68. The molecule has 0 spiro atoms. The molecule has 0 aliphatic carbocycles. The van der Waals surface area contributed by atoms with Gasteiger partial charge in [0.2, 0.25) is 10.0 Å². The number of rotatable bonds is 9. The van der Waals surface area contributed by atoms with Crippen LogP contribution in [-0.4, -0.2) is 39.4 Å². The molecule has 0 aliphatic heterocycles. The molecule has 0 saturated heterocycles. The lowest BCUT2D eigenvalue weighted by molar-refractivity contribution is -0.121. The van der Waals surface area contributed by atoms with Crippen molar-refractivity contribution in [2.45, 2.75) is 19.9 Å². The lowest BCUT2D eigenvalue weighted by atomic mass is 10.2. The first-order valence-corrected chi connectivity index (χ1v) is 12.8. The van der Waals surface area contributed by atoms with E-state index in [4.69, 9.17) is 32.4 Å². The van der Waals surface area contributed by atoms with Crippen molar-refractivity contribution in [3.8, 4) is 17.1 Å². The molecular formula is C23H23Cl2N3O5S. The molecule has 0 radical (unpaired) electrons. The number of hydrazone groups is 1. The second kappa shape index (κ2) is 10.9. The summed E-state index contributed by atoms with van der Waals surface area (Å²) >= 11 is 12.1. The standard InChI is InChI=1S/C23H23Cl2N3O5S/c1-4-32-18-8-6-17(7-9-18)28(34(3,30)31)15(2)23(29)27-26-14-19-10-12-22(33-19)20-11-5-16(24)13-21(20)25/h5-15H,4H2,1-3H3,(H,27,29)/b26-14-/t15-/m0/s1. The van der Waals surface area contributed by atoms with Crippen LogP contribution in [0.5, 0.6) is 5.75 Å². The number of amides is 1. The van der Waals surface area contributed by atoms with Gasteiger partial charge < -0.3 is 9.15 Å². The summed E-state index contributed by atoms with van der Waals surface area (Å²) in [5.41, 5.74) is 3.33. The van der Waals surface area contributed by atoms with Gasteiger partial charge in [-0.15, -0.1) is 0 Å². The Labute approximate surface area is 208 Å². The maximum Gasteiger partial charge on any atom is 0.263 e. The smallest absolute Gasteiger partial charge is 0.263 e. The Kier molecular flexibility index (Phi) is 8.24. The quantitative estimate of drug-likeness (QED) is 0.315. The Morgan fingerprint density at radius 2 is 1.88 bits per heavy atom. The summed E-state index contributed by atoms with van der Waals surface area (Å²) in [4.78, 5) is 12.7. The molecule has 0 bridgehead atoms. The normalized spacial score (nSPS) is 12.5. The van der Waals surface area contributed by atoms with E-state index in [1.54, 1.807) is 54.6 Å². The van der Waals surface area contributed by atoms with Gasteiger partial charge in [0.05, 0.1) is 29.8 Å². The van der Waals surface area contributed by atoms with Gasteiger partial charge >= 0.3 is 0 Å². The zero-order valence-electron chi connectivity index (χ0n) is 18.7. The monoisotopic (exact) mass is 523 g/mol. The molecule has 1 aromatic heterocycles. The van der Waals surface area contributed by atoms with E-state index in [0.29, 0.717) is 45.2 Å². The van der Waals surface area contributed by atoms with Crippen molar-refractivity contribution >= 4 is 51.0 Å². The summed E-state index contributed by atoms with van der Waals surface area (Å²) in [5.74, 6) is 0.837. The number of hydrogen-bond acceptors (Lipinski definition) is 6. The molecule has 1 amide bonds. The van der Waals surface area contributed by atoms with Gasteiger partial charge in [0.15, 0.2) is 0 Å². The zero-order chi connectivity index (χ0) is 24.9. The van der Waals surface area contributed by atoms with Crippen molar-refractivity contribution in [3.63, 3.8) is 0 Å². The average Bonchev–Trinajstić information content (AvgIpc) is 3.22. The summed E-state index contributed by atoms with van der Waals surface area (Å²) in [7, 11) is -3.76. The van der Waals surface area contributed by atoms with Crippen molar-refractivity contribution in [1.29, 1.82) is 0 Å². The fourth-order valence-corrected chi connectivity index (χ4v) is 4.85. The molecule has 0 aliphatic rings. The van der Waals surface area contributed by atoms with Gasteiger partial charge in [0.25, 0.3) is 5.91 Å². The van der Waals surface area contributed by atoms with Gasteiger partial charge in [-0.1, -0.05) is 23.2 Å². The van der Waals surface area contributed by atoms with Crippen molar-refractivity contribution in [2.24, 2.45) is 5.10 Å². The molecule has 11 heteroatoms. The second-order valence-electron chi connectivity index (χ2n) is 7.22. The molecule has 0 saturated carbocycles. The summed E-state index contributed by atoms with van der Waals surface area (Å²) in [6.45, 7) is 3.80. The molecule has 2 aromatic carbocycles. The Balaban J connectivity index is 1.70. The molecule has 3 aromatic rings.